The highest BCUT2D eigenvalue weighted by molar-refractivity contribution is 9.10. The number of halogens is 1. The van der Waals surface area contributed by atoms with E-state index in [-0.39, 0.29) is 23.3 Å². The fraction of sp³-hybridized carbons (Fsp3) is 0.0952. The van der Waals surface area contributed by atoms with Crippen LogP contribution in [0.1, 0.15) is 20.7 Å². The maximum atomic E-state index is 12.8. The summed E-state index contributed by atoms with van der Waals surface area (Å²) in [5.41, 5.74) is 1.28. The number of benzene rings is 2. The van der Waals surface area contributed by atoms with Gasteiger partial charge in [-0.1, -0.05) is 22.0 Å². The van der Waals surface area contributed by atoms with E-state index in [0.29, 0.717) is 17.0 Å². The predicted octanol–water partition coefficient (Wildman–Crippen LogP) is 4.59. The van der Waals surface area contributed by atoms with Crippen LogP contribution in [0.5, 0.6) is 11.6 Å². The molecule has 0 aliphatic rings. The van der Waals surface area contributed by atoms with Crippen LogP contribution < -0.4 is 10.1 Å². The first kappa shape index (κ1) is 19.6. The Kier molecular flexibility index (Phi) is 6.06. The molecule has 0 aliphatic heterocycles. The van der Waals surface area contributed by atoms with Gasteiger partial charge < -0.3 is 15.0 Å². The SMILES string of the molecule is CN(C)C(=O)c1cccc(NC(=O)c2cccnc2Oc2ccc(Br)cc2)c1. The minimum absolute atomic E-state index is 0.142. The third-order valence-corrected chi connectivity index (χ3v) is 4.35. The molecule has 0 spiro atoms. The zero-order valence-corrected chi connectivity index (χ0v) is 16.9. The number of nitrogens with one attached hydrogen (secondary N) is 1. The summed E-state index contributed by atoms with van der Waals surface area (Å²) in [4.78, 5) is 30.5. The second-order valence-electron chi connectivity index (χ2n) is 6.15. The molecule has 1 heterocycles. The van der Waals surface area contributed by atoms with Gasteiger partial charge >= 0.3 is 0 Å². The Labute approximate surface area is 171 Å². The lowest BCUT2D eigenvalue weighted by Crippen LogP contribution is -2.22. The summed E-state index contributed by atoms with van der Waals surface area (Å²) in [5, 5.41) is 2.79. The number of nitrogens with zero attached hydrogens (tertiary/aromatic N) is 2. The second-order valence-corrected chi connectivity index (χ2v) is 7.06. The monoisotopic (exact) mass is 439 g/mol. The number of carbonyl (C=O) groups excluding carboxylic acids is 2. The lowest BCUT2D eigenvalue weighted by atomic mass is 10.1. The average molecular weight is 440 g/mol. The first-order chi connectivity index (χ1) is 13.4. The third-order valence-electron chi connectivity index (χ3n) is 3.82. The molecule has 3 rings (SSSR count). The maximum Gasteiger partial charge on any atom is 0.261 e. The van der Waals surface area contributed by atoms with E-state index < -0.39 is 0 Å². The molecule has 7 heteroatoms. The molecule has 1 aromatic heterocycles. The summed E-state index contributed by atoms with van der Waals surface area (Å²) in [7, 11) is 3.35. The predicted molar refractivity (Wildman–Crippen MR) is 111 cm³/mol. The van der Waals surface area contributed by atoms with E-state index in [4.69, 9.17) is 4.74 Å². The lowest BCUT2D eigenvalue weighted by Gasteiger charge is -2.13. The minimum atomic E-state index is -0.380. The van der Waals surface area contributed by atoms with Gasteiger partial charge in [-0.05, 0) is 54.6 Å². The Morgan fingerprint density at radius 1 is 1.04 bits per heavy atom. The van der Waals surface area contributed by atoms with Crippen molar-refractivity contribution in [2.75, 3.05) is 19.4 Å². The van der Waals surface area contributed by atoms with Gasteiger partial charge in [-0.2, -0.15) is 0 Å². The first-order valence-corrected chi connectivity index (χ1v) is 9.25. The standard InChI is InChI=1S/C21H18BrN3O3/c1-25(2)21(27)14-5-3-6-16(13-14)24-19(26)18-7-4-12-23-20(18)28-17-10-8-15(22)9-11-17/h3-13H,1-2H3,(H,24,26). The number of amides is 2. The van der Waals surface area contributed by atoms with Gasteiger partial charge in [-0.3, -0.25) is 9.59 Å². The Morgan fingerprint density at radius 2 is 1.79 bits per heavy atom. The Morgan fingerprint density at radius 3 is 2.50 bits per heavy atom. The largest absolute Gasteiger partial charge is 0.438 e. The normalized spacial score (nSPS) is 10.2. The van der Waals surface area contributed by atoms with Crippen molar-refractivity contribution in [3.63, 3.8) is 0 Å². The van der Waals surface area contributed by atoms with Crippen molar-refractivity contribution in [1.82, 2.24) is 9.88 Å². The number of carbonyl (C=O) groups is 2. The van der Waals surface area contributed by atoms with Crippen LogP contribution >= 0.6 is 15.9 Å². The maximum absolute atomic E-state index is 12.8. The van der Waals surface area contributed by atoms with Gasteiger partial charge in [0, 0.05) is 36.0 Å². The van der Waals surface area contributed by atoms with Crippen molar-refractivity contribution in [1.29, 1.82) is 0 Å². The smallest absolute Gasteiger partial charge is 0.261 e. The molecule has 28 heavy (non-hydrogen) atoms. The van der Waals surface area contributed by atoms with Crippen LogP contribution in [-0.2, 0) is 0 Å². The van der Waals surface area contributed by atoms with Crippen LogP contribution in [0.15, 0.2) is 71.3 Å². The van der Waals surface area contributed by atoms with Crippen LogP contribution in [0, 0.1) is 0 Å². The van der Waals surface area contributed by atoms with Crippen molar-refractivity contribution < 1.29 is 14.3 Å². The van der Waals surface area contributed by atoms with Gasteiger partial charge in [0.2, 0.25) is 5.88 Å². The molecular weight excluding hydrogens is 422 g/mol. The molecule has 0 bridgehead atoms. The lowest BCUT2D eigenvalue weighted by molar-refractivity contribution is 0.0827. The number of hydrogen-bond donors (Lipinski definition) is 1. The van der Waals surface area contributed by atoms with Crippen LogP contribution in [0.25, 0.3) is 0 Å². The van der Waals surface area contributed by atoms with Crippen molar-refractivity contribution in [3.05, 3.63) is 82.5 Å². The fourth-order valence-electron chi connectivity index (χ4n) is 2.45. The highest BCUT2D eigenvalue weighted by atomic mass is 79.9. The van der Waals surface area contributed by atoms with Crippen molar-refractivity contribution in [3.8, 4) is 11.6 Å². The van der Waals surface area contributed by atoms with E-state index >= 15 is 0 Å². The molecule has 2 amide bonds. The molecule has 3 aromatic rings. The number of hydrogen-bond acceptors (Lipinski definition) is 4. The summed E-state index contributed by atoms with van der Waals surface area (Å²) in [6.45, 7) is 0. The highest BCUT2D eigenvalue weighted by Gasteiger charge is 2.16. The first-order valence-electron chi connectivity index (χ1n) is 8.45. The van der Waals surface area contributed by atoms with Crippen molar-refractivity contribution >= 4 is 33.4 Å². The zero-order chi connectivity index (χ0) is 20.1. The number of rotatable bonds is 5. The van der Waals surface area contributed by atoms with Gasteiger partial charge in [-0.25, -0.2) is 4.98 Å². The Hall–Kier alpha value is -3.19. The van der Waals surface area contributed by atoms with Gasteiger partial charge in [0.1, 0.15) is 11.3 Å². The number of pyridine rings is 1. The third kappa shape index (κ3) is 4.75. The summed E-state index contributed by atoms with van der Waals surface area (Å²) < 4.78 is 6.69. The highest BCUT2D eigenvalue weighted by Crippen LogP contribution is 2.25. The van der Waals surface area contributed by atoms with E-state index in [0.717, 1.165) is 4.47 Å². The molecule has 0 radical (unpaired) electrons. The molecule has 0 unspecified atom stereocenters. The topological polar surface area (TPSA) is 71.5 Å². The number of ether oxygens (including phenoxy) is 1. The summed E-state index contributed by atoms with van der Waals surface area (Å²) in [5.74, 6) is 0.240. The molecular formula is C21H18BrN3O3. The Bertz CT molecular complexity index is 1000. The van der Waals surface area contributed by atoms with Crippen LogP contribution in [0.2, 0.25) is 0 Å². The molecule has 0 aliphatic carbocycles. The van der Waals surface area contributed by atoms with E-state index in [9.17, 15) is 9.59 Å². The second kappa shape index (κ2) is 8.67. The van der Waals surface area contributed by atoms with Gasteiger partial charge in [0.25, 0.3) is 11.8 Å². The van der Waals surface area contributed by atoms with Gasteiger partial charge in [0.15, 0.2) is 0 Å². The van der Waals surface area contributed by atoms with Crippen molar-refractivity contribution in [2.45, 2.75) is 0 Å². The average Bonchev–Trinajstić information content (AvgIpc) is 2.69. The minimum Gasteiger partial charge on any atom is -0.438 e. The van der Waals surface area contributed by atoms with E-state index in [1.165, 1.54) is 4.90 Å². The molecule has 0 saturated carbocycles. The quantitative estimate of drug-likeness (QED) is 0.630. The summed E-state index contributed by atoms with van der Waals surface area (Å²) >= 11 is 3.37. The Balaban J connectivity index is 1.81. The van der Waals surface area contributed by atoms with Crippen molar-refractivity contribution in [2.24, 2.45) is 0 Å². The molecule has 1 N–H and O–H groups in total. The van der Waals surface area contributed by atoms with Gasteiger partial charge in [-0.15, -0.1) is 0 Å². The zero-order valence-electron chi connectivity index (χ0n) is 15.3. The molecule has 2 aromatic carbocycles. The molecule has 6 nitrogen and oxygen atoms in total. The number of aromatic nitrogens is 1. The van der Waals surface area contributed by atoms with Crippen LogP contribution in [0.3, 0.4) is 0 Å². The van der Waals surface area contributed by atoms with Crippen LogP contribution in [0.4, 0.5) is 5.69 Å². The van der Waals surface area contributed by atoms with E-state index in [2.05, 4.69) is 26.2 Å². The molecule has 0 saturated heterocycles. The van der Waals surface area contributed by atoms with E-state index in [1.54, 1.807) is 68.8 Å². The molecule has 0 atom stereocenters. The fourth-order valence-corrected chi connectivity index (χ4v) is 2.71. The summed E-state index contributed by atoms with van der Waals surface area (Å²) in [6.07, 6.45) is 1.56. The van der Waals surface area contributed by atoms with Gasteiger partial charge in [0.05, 0.1) is 0 Å². The molecule has 0 fully saturated rings. The van der Waals surface area contributed by atoms with Crippen LogP contribution in [-0.4, -0.2) is 35.8 Å². The summed E-state index contributed by atoms with van der Waals surface area (Å²) in [6, 6.07) is 17.3. The molecule has 142 valence electrons. The van der Waals surface area contributed by atoms with E-state index in [1.807, 2.05) is 12.1 Å². The number of anilines is 1.